The van der Waals surface area contributed by atoms with Crippen LogP contribution in [-0.4, -0.2) is 58.8 Å². The quantitative estimate of drug-likeness (QED) is 0.788. The van der Waals surface area contributed by atoms with Crippen molar-refractivity contribution in [1.29, 1.82) is 0 Å². The summed E-state index contributed by atoms with van der Waals surface area (Å²) in [5.74, 6) is 0.722. The second-order valence-electron chi connectivity index (χ2n) is 5.24. The number of hydrogen-bond acceptors (Lipinski definition) is 5. The van der Waals surface area contributed by atoms with Gasteiger partial charge in [0.05, 0.1) is 0 Å². The van der Waals surface area contributed by atoms with Crippen molar-refractivity contribution in [2.24, 2.45) is 0 Å². The van der Waals surface area contributed by atoms with E-state index < -0.39 is 0 Å². The Morgan fingerprint density at radius 2 is 2.15 bits per heavy atom. The van der Waals surface area contributed by atoms with Gasteiger partial charge in [-0.05, 0) is 32.0 Å². The maximum absolute atomic E-state index is 4.48. The Labute approximate surface area is 119 Å². The first-order valence-corrected chi connectivity index (χ1v) is 7.32. The Kier molecular flexibility index (Phi) is 4.13. The number of pyridine rings is 1. The zero-order chi connectivity index (χ0) is 13.8. The number of rotatable bonds is 5. The molecule has 0 saturated carbocycles. The van der Waals surface area contributed by atoms with E-state index in [1.165, 1.54) is 0 Å². The minimum absolute atomic E-state index is 0.722. The maximum atomic E-state index is 4.48. The van der Waals surface area contributed by atoms with Crippen LogP contribution in [0, 0.1) is 6.92 Å². The fourth-order valence-electron chi connectivity index (χ4n) is 2.55. The van der Waals surface area contributed by atoms with Crippen molar-refractivity contribution in [2.45, 2.75) is 13.3 Å². The van der Waals surface area contributed by atoms with Crippen LogP contribution in [0.4, 0.5) is 5.95 Å². The zero-order valence-corrected chi connectivity index (χ0v) is 12.0. The average molecular weight is 274 g/mol. The SMILES string of the molecule is Cc1cccc2nc(NCCCN3CCNCC3)nn12. The number of aromatic nitrogens is 3. The summed E-state index contributed by atoms with van der Waals surface area (Å²) in [6.45, 7) is 8.63. The lowest BCUT2D eigenvalue weighted by Gasteiger charge is -2.26. The lowest BCUT2D eigenvalue weighted by Crippen LogP contribution is -2.44. The summed E-state index contributed by atoms with van der Waals surface area (Å²) >= 11 is 0. The first kappa shape index (κ1) is 13.3. The van der Waals surface area contributed by atoms with Gasteiger partial charge in [-0.1, -0.05) is 6.07 Å². The van der Waals surface area contributed by atoms with Crippen molar-refractivity contribution in [3.05, 3.63) is 23.9 Å². The van der Waals surface area contributed by atoms with Crippen LogP contribution in [-0.2, 0) is 0 Å². The van der Waals surface area contributed by atoms with Gasteiger partial charge in [-0.3, -0.25) is 0 Å². The Bertz CT molecular complexity index is 558. The average Bonchev–Trinajstić information content (AvgIpc) is 2.89. The molecule has 2 aromatic rings. The Hall–Kier alpha value is -1.66. The molecule has 108 valence electrons. The van der Waals surface area contributed by atoms with Crippen LogP contribution >= 0.6 is 0 Å². The van der Waals surface area contributed by atoms with Crippen molar-refractivity contribution >= 4 is 11.6 Å². The van der Waals surface area contributed by atoms with Gasteiger partial charge in [0.1, 0.15) is 0 Å². The standard InChI is InChI=1S/C14H22N6/c1-12-4-2-5-13-17-14(18-20(12)13)16-6-3-9-19-10-7-15-8-11-19/h2,4-5,15H,3,6-11H2,1H3,(H,16,18). The molecule has 1 saturated heterocycles. The topological polar surface area (TPSA) is 57.5 Å². The molecule has 20 heavy (non-hydrogen) atoms. The summed E-state index contributed by atoms with van der Waals surface area (Å²) in [6.07, 6.45) is 1.12. The van der Waals surface area contributed by atoms with E-state index in [2.05, 4.69) is 25.6 Å². The van der Waals surface area contributed by atoms with Crippen LogP contribution in [0.25, 0.3) is 5.65 Å². The van der Waals surface area contributed by atoms with Gasteiger partial charge in [-0.15, -0.1) is 5.10 Å². The van der Waals surface area contributed by atoms with Crippen LogP contribution in [0.3, 0.4) is 0 Å². The molecule has 6 heteroatoms. The molecule has 0 aliphatic carbocycles. The fraction of sp³-hybridized carbons (Fsp3) is 0.571. The van der Waals surface area contributed by atoms with Crippen molar-refractivity contribution in [3.63, 3.8) is 0 Å². The van der Waals surface area contributed by atoms with Crippen molar-refractivity contribution in [1.82, 2.24) is 24.8 Å². The summed E-state index contributed by atoms with van der Waals surface area (Å²) in [5, 5.41) is 11.2. The van der Waals surface area contributed by atoms with Crippen molar-refractivity contribution < 1.29 is 0 Å². The van der Waals surface area contributed by atoms with Crippen LogP contribution in [0.1, 0.15) is 12.1 Å². The molecule has 0 bridgehead atoms. The number of nitrogens with one attached hydrogen (secondary N) is 2. The third kappa shape index (κ3) is 3.08. The van der Waals surface area contributed by atoms with E-state index in [0.29, 0.717) is 0 Å². The molecule has 1 fully saturated rings. The molecule has 2 N–H and O–H groups in total. The molecule has 3 heterocycles. The third-order valence-corrected chi connectivity index (χ3v) is 3.69. The highest BCUT2D eigenvalue weighted by molar-refractivity contribution is 5.44. The molecule has 0 amide bonds. The predicted molar refractivity (Wildman–Crippen MR) is 80.1 cm³/mol. The van der Waals surface area contributed by atoms with E-state index in [9.17, 15) is 0 Å². The highest BCUT2D eigenvalue weighted by Crippen LogP contribution is 2.07. The second-order valence-corrected chi connectivity index (χ2v) is 5.24. The Morgan fingerprint density at radius 3 is 2.95 bits per heavy atom. The number of nitrogens with zero attached hydrogens (tertiary/aromatic N) is 4. The van der Waals surface area contributed by atoms with Gasteiger partial charge in [-0.25, -0.2) is 4.52 Å². The highest BCUT2D eigenvalue weighted by atomic mass is 15.3. The first-order valence-electron chi connectivity index (χ1n) is 7.32. The van der Waals surface area contributed by atoms with E-state index in [4.69, 9.17) is 0 Å². The monoisotopic (exact) mass is 274 g/mol. The zero-order valence-electron chi connectivity index (χ0n) is 12.0. The van der Waals surface area contributed by atoms with E-state index in [1.807, 2.05) is 29.6 Å². The van der Waals surface area contributed by atoms with Crippen LogP contribution < -0.4 is 10.6 Å². The highest BCUT2D eigenvalue weighted by Gasteiger charge is 2.09. The molecule has 6 nitrogen and oxygen atoms in total. The molecule has 0 unspecified atom stereocenters. The molecular formula is C14H22N6. The molecule has 1 aliphatic rings. The van der Waals surface area contributed by atoms with Gasteiger partial charge in [0, 0.05) is 38.4 Å². The third-order valence-electron chi connectivity index (χ3n) is 3.69. The smallest absolute Gasteiger partial charge is 0.243 e. The van der Waals surface area contributed by atoms with Crippen LogP contribution in [0.15, 0.2) is 18.2 Å². The molecule has 0 aromatic carbocycles. The number of fused-ring (bicyclic) bond motifs is 1. The Morgan fingerprint density at radius 1 is 1.30 bits per heavy atom. The van der Waals surface area contributed by atoms with Gasteiger partial charge in [-0.2, -0.15) is 4.98 Å². The number of piperazine rings is 1. The largest absolute Gasteiger partial charge is 0.353 e. The summed E-state index contributed by atoms with van der Waals surface area (Å²) < 4.78 is 1.87. The van der Waals surface area contributed by atoms with E-state index >= 15 is 0 Å². The number of hydrogen-bond donors (Lipinski definition) is 2. The lowest BCUT2D eigenvalue weighted by molar-refractivity contribution is 0.240. The normalized spacial score (nSPS) is 16.6. The first-order chi connectivity index (χ1) is 9.83. The van der Waals surface area contributed by atoms with E-state index in [-0.39, 0.29) is 0 Å². The van der Waals surface area contributed by atoms with Crippen LogP contribution in [0.5, 0.6) is 0 Å². The van der Waals surface area contributed by atoms with Gasteiger partial charge in [0.25, 0.3) is 0 Å². The molecular weight excluding hydrogens is 252 g/mol. The molecule has 0 radical (unpaired) electrons. The summed E-state index contributed by atoms with van der Waals surface area (Å²) in [5.41, 5.74) is 2.00. The van der Waals surface area contributed by atoms with Crippen LogP contribution in [0.2, 0.25) is 0 Å². The van der Waals surface area contributed by atoms with Gasteiger partial charge >= 0.3 is 0 Å². The number of aryl methyl sites for hydroxylation is 1. The van der Waals surface area contributed by atoms with Crippen molar-refractivity contribution in [3.8, 4) is 0 Å². The number of anilines is 1. The minimum Gasteiger partial charge on any atom is -0.353 e. The Balaban J connectivity index is 1.48. The van der Waals surface area contributed by atoms with Crippen molar-refractivity contribution in [2.75, 3.05) is 44.6 Å². The molecule has 0 atom stereocenters. The molecule has 3 rings (SSSR count). The summed E-state index contributed by atoms with van der Waals surface area (Å²) in [4.78, 5) is 6.97. The molecule has 1 aliphatic heterocycles. The molecule has 2 aromatic heterocycles. The lowest BCUT2D eigenvalue weighted by atomic mass is 10.3. The van der Waals surface area contributed by atoms with E-state index in [0.717, 1.165) is 63.0 Å². The van der Waals surface area contributed by atoms with Gasteiger partial charge < -0.3 is 15.5 Å². The second kappa shape index (κ2) is 6.19. The van der Waals surface area contributed by atoms with E-state index in [1.54, 1.807) is 0 Å². The molecule has 0 spiro atoms. The summed E-state index contributed by atoms with van der Waals surface area (Å²) in [6, 6.07) is 6.02. The minimum atomic E-state index is 0.722. The summed E-state index contributed by atoms with van der Waals surface area (Å²) in [7, 11) is 0. The fourth-order valence-corrected chi connectivity index (χ4v) is 2.55. The predicted octanol–water partition coefficient (Wildman–Crippen LogP) is 0.745. The maximum Gasteiger partial charge on any atom is 0.243 e. The van der Waals surface area contributed by atoms with Gasteiger partial charge in [0.2, 0.25) is 5.95 Å². The van der Waals surface area contributed by atoms with Gasteiger partial charge in [0.15, 0.2) is 5.65 Å².